The summed E-state index contributed by atoms with van der Waals surface area (Å²) < 4.78 is 1.39. The van der Waals surface area contributed by atoms with Crippen molar-refractivity contribution < 1.29 is 5.11 Å². The van der Waals surface area contributed by atoms with Crippen LogP contribution < -0.4 is 5.32 Å². The molecule has 0 bridgehead atoms. The molecule has 1 aromatic heterocycles. The summed E-state index contributed by atoms with van der Waals surface area (Å²) in [7, 11) is 3.88. The number of likely N-dealkylation sites (N-methyl/N-ethyl adjacent to an activating group) is 1. The molecule has 0 radical (unpaired) electrons. The molecule has 0 aliphatic rings. The lowest BCUT2D eigenvalue weighted by Crippen LogP contribution is -2.46. The number of thiophene rings is 1. The van der Waals surface area contributed by atoms with Crippen molar-refractivity contribution in [2.75, 3.05) is 27.2 Å². The van der Waals surface area contributed by atoms with Gasteiger partial charge in [0.05, 0.1) is 14.3 Å². The van der Waals surface area contributed by atoms with Crippen LogP contribution in [0.15, 0.2) is 6.07 Å². The number of nitrogens with zero attached hydrogens (tertiary/aromatic N) is 1. The predicted octanol–water partition coefficient (Wildman–Crippen LogP) is 3.02. The molecule has 1 aromatic rings. The van der Waals surface area contributed by atoms with Gasteiger partial charge in [0.25, 0.3) is 0 Å². The van der Waals surface area contributed by atoms with E-state index in [4.69, 9.17) is 23.2 Å². The van der Waals surface area contributed by atoms with Gasteiger partial charge in [0.15, 0.2) is 0 Å². The Morgan fingerprint density at radius 1 is 1.50 bits per heavy atom. The summed E-state index contributed by atoms with van der Waals surface area (Å²) in [6, 6.07) is 1.93. The first-order valence-corrected chi connectivity index (χ1v) is 7.34. The maximum atomic E-state index is 10.2. The van der Waals surface area contributed by atoms with E-state index in [1.54, 1.807) is 0 Å². The molecule has 0 amide bonds. The summed E-state index contributed by atoms with van der Waals surface area (Å²) in [5.74, 6) is 0. The van der Waals surface area contributed by atoms with Gasteiger partial charge in [-0.15, -0.1) is 11.3 Å². The Kier molecular flexibility index (Phi) is 5.90. The van der Waals surface area contributed by atoms with E-state index in [0.29, 0.717) is 21.8 Å². The molecule has 18 heavy (non-hydrogen) atoms. The number of nitrogens with one attached hydrogen (secondary N) is 1. The molecular weight excluding hydrogens is 291 g/mol. The maximum absolute atomic E-state index is 10.2. The third kappa shape index (κ3) is 5.03. The lowest BCUT2D eigenvalue weighted by molar-refractivity contribution is 0.0317. The fraction of sp³-hybridized carbons (Fsp3) is 0.667. The van der Waals surface area contributed by atoms with Crippen molar-refractivity contribution in [1.82, 2.24) is 10.2 Å². The molecule has 1 rings (SSSR count). The molecule has 104 valence electrons. The molecule has 0 saturated heterocycles. The number of rotatable bonds is 6. The monoisotopic (exact) mass is 310 g/mol. The fourth-order valence-electron chi connectivity index (χ4n) is 1.87. The maximum Gasteiger partial charge on any atom is 0.0991 e. The van der Waals surface area contributed by atoms with Crippen LogP contribution in [0.5, 0.6) is 0 Å². The van der Waals surface area contributed by atoms with Crippen LogP contribution in [0, 0.1) is 0 Å². The van der Waals surface area contributed by atoms with Crippen LogP contribution in [0.3, 0.4) is 0 Å². The minimum absolute atomic E-state index is 0.0647. The largest absolute Gasteiger partial charge is 0.388 e. The summed E-state index contributed by atoms with van der Waals surface area (Å²) in [5, 5.41) is 13.5. The first-order valence-electron chi connectivity index (χ1n) is 5.76. The van der Waals surface area contributed by atoms with Gasteiger partial charge in [-0.2, -0.15) is 0 Å². The van der Waals surface area contributed by atoms with Crippen LogP contribution in [-0.2, 0) is 0 Å². The van der Waals surface area contributed by atoms with Gasteiger partial charge in [-0.25, -0.2) is 0 Å². The summed E-state index contributed by atoms with van der Waals surface area (Å²) in [5.41, 5.74) is 0.205. The Morgan fingerprint density at radius 2 is 2.11 bits per heavy atom. The van der Waals surface area contributed by atoms with E-state index < -0.39 is 5.60 Å². The molecule has 0 aliphatic carbocycles. The van der Waals surface area contributed by atoms with Crippen LogP contribution in [0.4, 0.5) is 0 Å². The van der Waals surface area contributed by atoms with Crippen molar-refractivity contribution in [3.63, 3.8) is 0 Å². The average Bonchev–Trinajstić information content (AvgIpc) is 2.52. The third-order valence-corrected chi connectivity index (χ3v) is 4.11. The van der Waals surface area contributed by atoms with Crippen molar-refractivity contribution in [2.45, 2.75) is 25.5 Å². The van der Waals surface area contributed by atoms with E-state index in [-0.39, 0.29) is 6.04 Å². The van der Waals surface area contributed by atoms with Crippen LogP contribution in [0.1, 0.15) is 25.5 Å². The first-order chi connectivity index (χ1) is 8.21. The van der Waals surface area contributed by atoms with Gasteiger partial charge in [-0.3, -0.25) is 0 Å². The van der Waals surface area contributed by atoms with Gasteiger partial charge >= 0.3 is 0 Å². The van der Waals surface area contributed by atoms with E-state index in [9.17, 15) is 5.11 Å². The zero-order chi connectivity index (χ0) is 13.9. The molecule has 2 atom stereocenters. The van der Waals surface area contributed by atoms with Crippen molar-refractivity contribution in [1.29, 1.82) is 0 Å². The molecule has 0 fully saturated rings. The molecule has 1 heterocycles. The number of hydrogen-bond acceptors (Lipinski definition) is 4. The van der Waals surface area contributed by atoms with E-state index >= 15 is 0 Å². The SMILES string of the molecule is CC(NCC(C)(O)CN(C)C)c1cc(Cl)sc1Cl. The minimum Gasteiger partial charge on any atom is -0.388 e. The Balaban J connectivity index is 2.55. The van der Waals surface area contributed by atoms with Crippen molar-refractivity contribution >= 4 is 34.5 Å². The summed E-state index contributed by atoms with van der Waals surface area (Å²) in [6.07, 6.45) is 0. The van der Waals surface area contributed by atoms with Crippen molar-refractivity contribution in [3.05, 3.63) is 20.3 Å². The Hall–Kier alpha value is 0.160. The predicted molar refractivity (Wildman–Crippen MR) is 79.9 cm³/mol. The summed E-state index contributed by atoms with van der Waals surface area (Å²) in [4.78, 5) is 1.96. The standard InChI is InChI=1S/C12H20Cl2N2OS/c1-8(9-5-10(13)18-11(9)14)15-6-12(2,17)7-16(3)4/h5,8,15,17H,6-7H2,1-4H3. The van der Waals surface area contributed by atoms with E-state index in [1.165, 1.54) is 11.3 Å². The third-order valence-electron chi connectivity index (χ3n) is 2.60. The quantitative estimate of drug-likeness (QED) is 0.848. The highest BCUT2D eigenvalue weighted by Crippen LogP contribution is 2.34. The van der Waals surface area contributed by atoms with Gasteiger partial charge in [0.1, 0.15) is 0 Å². The normalized spacial score (nSPS) is 16.9. The number of aliphatic hydroxyl groups is 1. The molecule has 0 aliphatic heterocycles. The first kappa shape index (κ1) is 16.2. The van der Waals surface area contributed by atoms with Gasteiger partial charge in [0, 0.05) is 19.1 Å². The van der Waals surface area contributed by atoms with E-state index in [2.05, 4.69) is 5.32 Å². The highest BCUT2D eigenvalue weighted by molar-refractivity contribution is 7.20. The number of hydrogen-bond donors (Lipinski definition) is 2. The van der Waals surface area contributed by atoms with Crippen LogP contribution >= 0.6 is 34.5 Å². The Morgan fingerprint density at radius 3 is 2.56 bits per heavy atom. The highest BCUT2D eigenvalue weighted by Gasteiger charge is 2.23. The van der Waals surface area contributed by atoms with Crippen LogP contribution in [0.2, 0.25) is 8.67 Å². The molecule has 0 spiro atoms. The van der Waals surface area contributed by atoms with E-state index in [1.807, 2.05) is 38.9 Å². The highest BCUT2D eigenvalue weighted by atomic mass is 35.5. The minimum atomic E-state index is -0.774. The second-order valence-corrected chi connectivity index (χ2v) is 7.40. The molecular formula is C12H20Cl2N2OS. The zero-order valence-electron chi connectivity index (χ0n) is 11.1. The fourth-order valence-corrected chi connectivity index (χ4v) is 3.51. The topological polar surface area (TPSA) is 35.5 Å². The molecule has 2 unspecified atom stereocenters. The summed E-state index contributed by atoms with van der Waals surface area (Å²) in [6.45, 7) is 4.92. The molecule has 2 N–H and O–H groups in total. The second kappa shape index (κ2) is 6.55. The second-order valence-electron chi connectivity index (χ2n) is 5.12. The number of halogens is 2. The lowest BCUT2D eigenvalue weighted by atomic mass is 10.1. The van der Waals surface area contributed by atoms with Gasteiger partial charge in [-0.1, -0.05) is 23.2 Å². The smallest absolute Gasteiger partial charge is 0.0991 e. The van der Waals surface area contributed by atoms with Gasteiger partial charge < -0.3 is 15.3 Å². The van der Waals surface area contributed by atoms with Crippen molar-refractivity contribution in [3.8, 4) is 0 Å². The zero-order valence-corrected chi connectivity index (χ0v) is 13.5. The van der Waals surface area contributed by atoms with Crippen LogP contribution in [0.25, 0.3) is 0 Å². The molecule has 3 nitrogen and oxygen atoms in total. The average molecular weight is 311 g/mol. The van der Waals surface area contributed by atoms with E-state index in [0.717, 1.165) is 5.56 Å². The van der Waals surface area contributed by atoms with Crippen LogP contribution in [-0.4, -0.2) is 42.8 Å². The van der Waals surface area contributed by atoms with Gasteiger partial charge in [0.2, 0.25) is 0 Å². The Bertz CT molecular complexity index is 393. The summed E-state index contributed by atoms with van der Waals surface area (Å²) >= 11 is 13.4. The van der Waals surface area contributed by atoms with Gasteiger partial charge in [-0.05, 0) is 39.6 Å². The van der Waals surface area contributed by atoms with Crippen molar-refractivity contribution in [2.24, 2.45) is 0 Å². The Labute approximate surface area is 123 Å². The lowest BCUT2D eigenvalue weighted by Gasteiger charge is -2.28. The molecule has 0 saturated carbocycles. The molecule has 0 aromatic carbocycles. The molecule has 6 heteroatoms.